The van der Waals surface area contributed by atoms with Gasteiger partial charge in [0.25, 0.3) is 0 Å². The van der Waals surface area contributed by atoms with Crippen LogP contribution in [0.25, 0.3) is 22.0 Å². The second kappa shape index (κ2) is 5.30. The van der Waals surface area contributed by atoms with E-state index in [9.17, 15) is 0 Å². The highest BCUT2D eigenvalue weighted by molar-refractivity contribution is 5.93. The van der Waals surface area contributed by atoms with Gasteiger partial charge in [0.15, 0.2) is 0 Å². The Balaban J connectivity index is 2.08. The van der Waals surface area contributed by atoms with Gasteiger partial charge >= 0.3 is 0 Å². The van der Waals surface area contributed by atoms with Crippen molar-refractivity contribution in [2.75, 3.05) is 19.5 Å². The van der Waals surface area contributed by atoms with Crippen molar-refractivity contribution in [2.24, 2.45) is 0 Å². The first-order valence-corrected chi connectivity index (χ1v) is 6.44. The van der Waals surface area contributed by atoms with Gasteiger partial charge in [-0.25, -0.2) is 0 Å². The van der Waals surface area contributed by atoms with Crippen molar-refractivity contribution in [3.05, 3.63) is 42.9 Å². The molecule has 3 aromatic rings. The topological polar surface area (TPSA) is 66.0 Å². The maximum absolute atomic E-state index is 5.73. The Kier molecular flexibility index (Phi) is 3.35. The fourth-order valence-electron chi connectivity index (χ4n) is 2.24. The number of nitrogen functional groups attached to an aromatic ring is 1. The van der Waals surface area contributed by atoms with Crippen molar-refractivity contribution in [2.45, 2.75) is 6.54 Å². The van der Waals surface area contributed by atoms with Crippen LogP contribution in [0.3, 0.4) is 0 Å². The number of aromatic nitrogens is 3. The zero-order valence-electron chi connectivity index (χ0n) is 11.3. The zero-order valence-corrected chi connectivity index (χ0v) is 11.3. The van der Waals surface area contributed by atoms with Gasteiger partial charge in [-0.3, -0.25) is 9.67 Å². The molecule has 2 N–H and O–H groups in total. The van der Waals surface area contributed by atoms with Crippen LogP contribution in [0.1, 0.15) is 0 Å². The van der Waals surface area contributed by atoms with E-state index in [4.69, 9.17) is 10.5 Å². The van der Waals surface area contributed by atoms with Crippen molar-refractivity contribution in [1.82, 2.24) is 14.8 Å². The van der Waals surface area contributed by atoms with E-state index in [0.717, 1.165) is 27.7 Å². The molecule has 0 aliphatic rings. The quantitative estimate of drug-likeness (QED) is 0.737. The summed E-state index contributed by atoms with van der Waals surface area (Å²) in [6, 6.07) is 7.78. The second-order valence-electron chi connectivity index (χ2n) is 4.60. The fourth-order valence-corrected chi connectivity index (χ4v) is 2.24. The molecule has 0 saturated carbocycles. The lowest BCUT2D eigenvalue weighted by Gasteiger charge is -2.05. The molecule has 20 heavy (non-hydrogen) atoms. The molecule has 0 bridgehead atoms. The summed E-state index contributed by atoms with van der Waals surface area (Å²) in [5, 5.41) is 5.49. The Morgan fingerprint density at radius 2 is 1.95 bits per heavy atom. The molecule has 0 atom stereocenters. The predicted octanol–water partition coefficient (Wildman–Crippen LogP) is 2.33. The van der Waals surface area contributed by atoms with Crippen LogP contribution in [0.15, 0.2) is 42.9 Å². The summed E-state index contributed by atoms with van der Waals surface area (Å²) in [6.07, 6.45) is 5.56. The van der Waals surface area contributed by atoms with Crippen LogP contribution in [-0.4, -0.2) is 28.5 Å². The van der Waals surface area contributed by atoms with Gasteiger partial charge in [0.2, 0.25) is 0 Å². The van der Waals surface area contributed by atoms with Gasteiger partial charge in [0.1, 0.15) is 0 Å². The third kappa shape index (κ3) is 2.23. The van der Waals surface area contributed by atoms with Crippen molar-refractivity contribution >= 4 is 16.6 Å². The molecule has 0 radical (unpaired) electrons. The minimum Gasteiger partial charge on any atom is -0.399 e. The number of nitrogens with zero attached hydrogens (tertiary/aromatic N) is 3. The lowest BCUT2D eigenvalue weighted by atomic mass is 10.0. The molecule has 102 valence electrons. The molecule has 5 nitrogen and oxygen atoms in total. The number of fused-ring (bicyclic) bond motifs is 1. The third-order valence-corrected chi connectivity index (χ3v) is 3.30. The van der Waals surface area contributed by atoms with Gasteiger partial charge in [-0.1, -0.05) is 12.1 Å². The van der Waals surface area contributed by atoms with E-state index >= 15 is 0 Å². The molecular formula is C15H16N4O. The van der Waals surface area contributed by atoms with E-state index in [-0.39, 0.29) is 0 Å². The summed E-state index contributed by atoms with van der Waals surface area (Å²) in [6.45, 7) is 1.34. The molecule has 0 unspecified atom stereocenters. The number of benzene rings is 1. The molecule has 1 aromatic carbocycles. The van der Waals surface area contributed by atoms with E-state index < -0.39 is 0 Å². The molecule has 5 heteroatoms. The Bertz CT molecular complexity index is 718. The summed E-state index contributed by atoms with van der Waals surface area (Å²) in [5.41, 5.74) is 9.64. The zero-order chi connectivity index (χ0) is 13.9. The molecule has 0 fully saturated rings. The van der Waals surface area contributed by atoms with Gasteiger partial charge < -0.3 is 10.5 Å². The largest absolute Gasteiger partial charge is 0.399 e. The predicted molar refractivity (Wildman–Crippen MR) is 79.3 cm³/mol. The SMILES string of the molecule is COCCn1ncc2c(-c3ccc(N)cc3)cncc21. The number of anilines is 1. The average molecular weight is 268 g/mol. The van der Waals surface area contributed by atoms with Gasteiger partial charge in [0.05, 0.1) is 31.1 Å². The van der Waals surface area contributed by atoms with Gasteiger partial charge in [0, 0.05) is 29.9 Å². The molecule has 0 spiro atoms. The van der Waals surface area contributed by atoms with Crippen molar-refractivity contribution < 1.29 is 4.74 Å². The highest BCUT2D eigenvalue weighted by atomic mass is 16.5. The standard InChI is InChI=1S/C15H16N4O/c1-20-7-6-19-15-10-17-8-13(14(15)9-18-19)11-2-4-12(16)5-3-11/h2-5,8-10H,6-7,16H2,1H3. The summed E-state index contributed by atoms with van der Waals surface area (Å²) >= 11 is 0. The number of methoxy groups -OCH3 is 1. The van der Waals surface area contributed by atoms with E-state index in [0.29, 0.717) is 13.2 Å². The molecule has 3 rings (SSSR count). The second-order valence-corrected chi connectivity index (χ2v) is 4.60. The summed E-state index contributed by atoms with van der Waals surface area (Å²) in [5.74, 6) is 0. The Labute approximate surface area is 117 Å². The number of rotatable bonds is 4. The van der Waals surface area contributed by atoms with Crippen molar-refractivity contribution in [3.63, 3.8) is 0 Å². The minimum absolute atomic E-state index is 0.628. The smallest absolute Gasteiger partial charge is 0.0872 e. The lowest BCUT2D eigenvalue weighted by Crippen LogP contribution is -2.05. The fraction of sp³-hybridized carbons (Fsp3) is 0.200. The van der Waals surface area contributed by atoms with Crippen molar-refractivity contribution in [3.8, 4) is 11.1 Å². The highest BCUT2D eigenvalue weighted by Crippen LogP contribution is 2.27. The van der Waals surface area contributed by atoms with Crippen LogP contribution in [0.5, 0.6) is 0 Å². The van der Waals surface area contributed by atoms with Gasteiger partial charge in [-0.05, 0) is 17.7 Å². The van der Waals surface area contributed by atoms with Crippen LogP contribution in [0.2, 0.25) is 0 Å². The van der Waals surface area contributed by atoms with Crippen LogP contribution >= 0.6 is 0 Å². The van der Waals surface area contributed by atoms with Crippen LogP contribution in [-0.2, 0) is 11.3 Å². The van der Waals surface area contributed by atoms with E-state index in [1.165, 1.54) is 0 Å². The first-order chi connectivity index (χ1) is 9.79. The van der Waals surface area contributed by atoms with Crippen LogP contribution in [0, 0.1) is 0 Å². The van der Waals surface area contributed by atoms with Crippen LogP contribution < -0.4 is 5.73 Å². The molecule has 0 saturated heterocycles. The summed E-state index contributed by atoms with van der Waals surface area (Å²) in [7, 11) is 1.68. The Morgan fingerprint density at radius 1 is 1.15 bits per heavy atom. The molecule has 2 heterocycles. The maximum atomic E-state index is 5.73. The van der Waals surface area contributed by atoms with Gasteiger partial charge in [-0.2, -0.15) is 5.10 Å². The third-order valence-electron chi connectivity index (χ3n) is 3.30. The van der Waals surface area contributed by atoms with E-state index in [2.05, 4.69) is 10.1 Å². The molecule has 2 aromatic heterocycles. The molecule has 0 aliphatic heterocycles. The minimum atomic E-state index is 0.628. The normalized spacial score (nSPS) is 11.1. The number of nitrogens with two attached hydrogens (primary N) is 1. The highest BCUT2D eigenvalue weighted by Gasteiger charge is 2.09. The summed E-state index contributed by atoms with van der Waals surface area (Å²) in [4.78, 5) is 4.32. The molecule has 0 aliphatic carbocycles. The molecule has 0 amide bonds. The number of ether oxygens (including phenoxy) is 1. The van der Waals surface area contributed by atoms with E-state index in [1.807, 2.05) is 47.5 Å². The van der Waals surface area contributed by atoms with Gasteiger partial charge in [-0.15, -0.1) is 0 Å². The van der Waals surface area contributed by atoms with Crippen LogP contribution in [0.4, 0.5) is 5.69 Å². The number of hydrogen-bond acceptors (Lipinski definition) is 4. The molecular weight excluding hydrogens is 252 g/mol. The Hall–Kier alpha value is -2.40. The maximum Gasteiger partial charge on any atom is 0.0872 e. The monoisotopic (exact) mass is 268 g/mol. The Morgan fingerprint density at radius 3 is 2.70 bits per heavy atom. The first kappa shape index (κ1) is 12.6. The van der Waals surface area contributed by atoms with E-state index in [1.54, 1.807) is 7.11 Å². The number of pyridine rings is 1. The first-order valence-electron chi connectivity index (χ1n) is 6.44. The summed E-state index contributed by atoms with van der Waals surface area (Å²) < 4.78 is 7.01. The van der Waals surface area contributed by atoms with Crippen molar-refractivity contribution in [1.29, 1.82) is 0 Å². The average Bonchev–Trinajstić information content (AvgIpc) is 2.89. The lowest BCUT2D eigenvalue weighted by molar-refractivity contribution is 0.185. The number of hydrogen-bond donors (Lipinski definition) is 1.